The summed E-state index contributed by atoms with van der Waals surface area (Å²) in [6, 6.07) is 12.3. The van der Waals surface area contributed by atoms with Crippen molar-refractivity contribution in [2.45, 2.75) is 20.4 Å². The van der Waals surface area contributed by atoms with Gasteiger partial charge in [0.05, 0.1) is 12.1 Å². The van der Waals surface area contributed by atoms with Gasteiger partial charge >= 0.3 is 0 Å². The van der Waals surface area contributed by atoms with Crippen molar-refractivity contribution in [1.29, 1.82) is 0 Å². The molecule has 2 rings (SSSR count). The van der Waals surface area contributed by atoms with Crippen LogP contribution >= 0.6 is 11.6 Å². The van der Waals surface area contributed by atoms with E-state index in [1.807, 2.05) is 18.2 Å². The molecule has 0 heterocycles. The minimum absolute atomic E-state index is 0.641. The van der Waals surface area contributed by atoms with Crippen molar-refractivity contribution in [3.8, 4) is 5.75 Å². The van der Waals surface area contributed by atoms with Crippen molar-refractivity contribution in [1.82, 2.24) is 0 Å². The highest BCUT2D eigenvalue weighted by atomic mass is 35.5. The summed E-state index contributed by atoms with van der Waals surface area (Å²) in [5.41, 5.74) is 4.78. The Bertz CT molecular complexity index is 561. The highest BCUT2D eigenvalue weighted by molar-refractivity contribution is 6.32. The van der Waals surface area contributed by atoms with Crippen LogP contribution in [-0.2, 0) is 6.54 Å². The molecule has 0 bridgehead atoms. The van der Waals surface area contributed by atoms with Crippen LogP contribution in [-0.4, -0.2) is 7.11 Å². The number of nitrogens with one attached hydrogen (secondary N) is 1. The van der Waals surface area contributed by atoms with E-state index in [0.29, 0.717) is 10.8 Å². The number of benzene rings is 2. The molecule has 0 saturated heterocycles. The van der Waals surface area contributed by atoms with Crippen molar-refractivity contribution in [3.63, 3.8) is 0 Å². The molecular formula is C16H18ClNO. The first-order valence-corrected chi connectivity index (χ1v) is 6.61. The molecule has 0 atom stereocenters. The third kappa shape index (κ3) is 3.65. The van der Waals surface area contributed by atoms with Crippen LogP contribution in [0.4, 0.5) is 5.69 Å². The summed E-state index contributed by atoms with van der Waals surface area (Å²) in [5, 5.41) is 4.05. The van der Waals surface area contributed by atoms with Gasteiger partial charge in [0.25, 0.3) is 0 Å². The van der Waals surface area contributed by atoms with E-state index in [0.717, 1.165) is 17.8 Å². The highest BCUT2D eigenvalue weighted by Gasteiger charge is 2.02. The van der Waals surface area contributed by atoms with E-state index in [4.69, 9.17) is 16.3 Å². The van der Waals surface area contributed by atoms with Crippen molar-refractivity contribution >= 4 is 17.3 Å². The fraction of sp³-hybridized carbons (Fsp3) is 0.250. The van der Waals surface area contributed by atoms with Gasteiger partial charge in [0, 0.05) is 12.2 Å². The SMILES string of the molecule is COc1ccc(CNc2cc(C)cc(C)c2)cc1Cl. The second-order valence-corrected chi connectivity index (χ2v) is 5.11. The van der Waals surface area contributed by atoms with Gasteiger partial charge in [-0.1, -0.05) is 23.7 Å². The van der Waals surface area contributed by atoms with Gasteiger partial charge in [-0.25, -0.2) is 0 Å². The Kier molecular flexibility index (Phi) is 4.33. The third-order valence-corrected chi connectivity index (χ3v) is 3.23. The summed E-state index contributed by atoms with van der Waals surface area (Å²) in [6.07, 6.45) is 0. The smallest absolute Gasteiger partial charge is 0.137 e. The summed E-state index contributed by atoms with van der Waals surface area (Å²) in [7, 11) is 1.62. The maximum absolute atomic E-state index is 6.11. The molecule has 0 saturated carbocycles. The number of hydrogen-bond acceptors (Lipinski definition) is 2. The van der Waals surface area contributed by atoms with Gasteiger partial charge < -0.3 is 10.1 Å². The number of ether oxygens (including phenoxy) is 1. The fourth-order valence-corrected chi connectivity index (χ4v) is 2.38. The largest absolute Gasteiger partial charge is 0.495 e. The monoisotopic (exact) mass is 275 g/mol. The van der Waals surface area contributed by atoms with E-state index in [-0.39, 0.29) is 0 Å². The Morgan fingerprint density at radius 3 is 2.32 bits per heavy atom. The zero-order valence-electron chi connectivity index (χ0n) is 11.5. The molecule has 0 spiro atoms. The van der Waals surface area contributed by atoms with E-state index in [1.54, 1.807) is 7.11 Å². The minimum atomic E-state index is 0.641. The average Bonchev–Trinajstić information content (AvgIpc) is 2.35. The number of rotatable bonds is 4. The van der Waals surface area contributed by atoms with Crippen LogP contribution in [0.25, 0.3) is 0 Å². The molecule has 3 heteroatoms. The summed E-state index contributed by atoms with van der Waals surface area (Å²) in [6.45, 7) is 4.94. The second-order valence-electron chi connectivity index (χ2n) is 4.70. The Hall–Kier alpha value is -1.67. The number of hydrogen-bond donors (Lipinski definition) is 1. The molecule has 2 aromatic carbocycles. The maximum atomic E-state index is 6.11. The first-order valence-electron chi connectivity index (χ1n) is 6.23. The van der Waals surface area contributed by atoms with Gasteiger partial charge in [0.15, 0.2) is 0 Å². The molecule has 0 amide bonds. The van der Waals surface area contributed by atoms with Crippen LogP contribution in [0.3, 0.4) is 0 Å². The first-order chi connectivity index (χ1) is 9.08. The minimum Gasteiger partial charge on any atom is -0.495 e. The number of halogens is 1. The first kappa shape index (κ1) is 13.8. The molecule has 0 aliphatic rings. The van der Waals surface area contributed by atoms with Crippen molar-refractivity contribution in [2.75, 3.05) is 12.4 Å². The third-order valence-electron chi connectivity index (χ3n) is 2.93. The molecule has 2 aromatic rings. The molecule has 0 fully saturated rings. The molecule has 19 heavy (non-hydrogen) atoms. The van der Waals surface area contributed by atoms with Crippen LogP contribution < -0.4 is 10.1 Å². The van der Waals surface area contributed by atoms with Gasteiger partial charge in [0.2, 0.25) is 0 Å². The predicted octanol–water partition coefficient (Wildman–Crippen LogP) is 4.58. The predicted molar refractivity (Wildman–Crippen MR) is 81.2 cm³/mol. The molecule has 100 valence electrons. The zero-order valence-corrected chi connectivity index (χ0v) is 12.2. The lowest BCUT2D eigenvalue weighted by Crippen LogP contribution is -2.00. The van der Waals surface area contributed by atoms with E-state index in [2.05, 4.69) is 37.4 Å². The van der Waals surface area contributed by atoms with Gasteiger partial charge in [0.1, 0.15) is 5.75 Å². The number of methoxy groups -OCH3 is 1. The molecule has 0 aliphatic carbocycles. The lowest BCUT2D eigenvalue weighted by molar-refractivity contribution is 0.415. The molecule has 0 aromatic heterocycles. The Balaban J connectivity index is 2.08. The lowest BCUT2D eigenvalue weighted by Gasteiger charge is -2.10. The molecule has 0 radical (unpaired) electrons. The Labute approximate surface area is 119 Å². The molecule has 2 nitrogen and oxygen atoms in total. The van der Waals surface area contributed by atoms with Crippen molar-refractivity contribution < 1.29 is 4.74 Å². The second kappa shape index (κ2) is 5.98. The van der Waals surface area contributed by atoms with Gasteiger partial charge in [-0.15, -0.1) is 0 Å². The van der Waals surface area contributed by atoms with Crippen LogP contribution in [0, 0.1) is 13.8 Å². The van der Waals surface area contributed by atoms with E-state index in [9.17, 15) is 0 Å². The average molecular weight is 276 g/mol. The zero-order chi connectivity index (χ0) is 13.8. The fourth-order valence-electron chi connectivity index (χ4n) is 2.10. The van der Waals surface area contributed by atoms with Crippen LogP contribution in [0.5, 0.6) is 5.75 Å². The number of anilines is 1. The summed E-state index contributed by atoms with van der Waals surface area (Å²) >= 11 is 6.11. The number of aryl methyl sites for hydroxylation is 2. The highest BCUT2D eigenvalue weighted by Crippen LogP contribution is 2.25. The Morgan fingerprint density at radius 2 is 1.74 bits per heavy atom. The lowest BCUT2D eigenvalue weighted by atomic mass is 10.1. The standard InChI is InChI=1S/C16H18ClNO/c1-11-6-12(2)8-14(7-11)18-10-13-4-5-16(19-3)15(17)9-13/h4-9,18H,10H2,1-3H3. The maximum Gasteiger partial charge on any atom is 0.137 e. The van der Waals surface area contributed by atoms with Crippen LogP contribution in [0.15, 0.2) is 36.4 Å². The summed E-state index contributed by atoms with van der Waals surface area (Å²) in [4.78, 5) is 0. The summed E-state index contributed by atoms with van der Waals surface area (Å²) < 4.78 is 5.14. The molecule has 1 N–H and O–H groups in total. The van der Waals surface area contributed by atoms with Gasteiger partial charge in [-0.2, -0.15) is 0 Å². The van der Waals surface area contributed by atoms with Crippen LogP contribution in [0.2, 0.25) is 5.02 Å². The van der Waals surface area contributed by atoms with Gasteiger partial charge in [-0.05, 0) is 54.8 Å². The Morgan fingerprint density at radius 1 is 1.05 bits per heavy atom. The van der Waals surface area contributed by atoms with Gasteiger partial charge in [-0.3, -0.25) is 0 Å². The topological polar surface area (TPSA) is 21.3 Å². The molecule has 0 aliphatic heterocycles. The van der Waals surface area contributed by atoms with Crippen molar-refractivity contribution in [3.05, 3.63) is 58.1 Å². The molecule has 0 unspecified atom stereocenters. The summed E-state index contributed by atoms with van der Waals surface area (Å²) in [5.74, 6) is 0.705. The quantitative estimate of drug-likeness (QED) is 0.882. The normalized spacial score (nSPS) is 10.3. The van der Waals surface area contributed by atoms with E-state index in [1.165, 1.54) is 11.1 Å². The van der Waals surface area contributed by atoms with Crippen molar-refractivity contribution in [2.24, 2.45) is 0 Å². The molecular weight excluding hydrogens is 258 g/mol. The van der Waals surface area contributed by atoms with E-state index < -0.39 is 0 Å². The van der Waals surface area contributed by atoms with Crippen LogP contribution in [0.1, 0.15) is 16.7 Å². The van der Waals surface area contributed by atoms with E-state index >= 15 is 0 Å².